The molecule has 0 spiro atoms. The molecule has 4 nitrogen and oxygen atoms in total. The van der Waals surface area contributed by atoms with Gasteiger partial charge < -0.3 is 10.7 Å². The van der Waals surface area contributed by atoms with Gasteiger partial charge in [-0.2, -0.15) is 0 Å². The summed E-state index contributed by atoms with van der Waals surface area (Å²) in [5.74, 6) is -0.939. The second kappa shape index (κ2) is 5.73. The standard InChI is InChI=1S/C16H11BrFN3O/c17-15-12(9-3-1-2-4-10(9)16(19)22)7-14(21-15)11-5-6-20-8-13(11)18/h1-8,21H,(H2,19,22). The molecule has 0 saturated carbocycles. The smallest absolute Gasteiger partial charge is 0.249 e. The number of nitrogens with two attached hydrogens (primary N) is 1. The SMILES string of the molecule is NC(=O)c1ccccc1-c1cc(-c2ccncc2F)[nH]c1Br. The quantitative estimate of drug-likeness (QED) is 0.747. The van der Waals surface area contributed by atoms with Gasteiger partial charge in [0.2, 0.25) is 5.91 Å². The summed E-state index contributed by atoms with van der Waals surface area (Å²) in [6.45, 7) is 0. The van der Waals surface area contributed by atoms with Crippen molar-refractivity contribution in [3.05, 3.63) is 64.8 Å². The van der Waals surface area contributed by atoms with Crippen LogP contribution < -0.4 is 5.73 Å². The molecule has 0 aliphatic rings. The fourth-order valence-corrected chi connectivity index (χ4v) is 2.84. The Labute approximate surface area is 134 Å². The van der Waals surface area contributed by atoms with Gasteiger partial charge in [0, 0.05) is 28.6 Å². The molecule has 0 bridgehead atoms. The van der Waals surface area contributed by atoms with Crippen molar-refractivity contribution in [3.8, 4) is 22.4 Å². The van der Waals surface area contributed by atoms with Gasteiger partial charge in [-0.25, -0.2) is 4.39 Å². The summed E-state index contributed by atoms with van der Waals surface area (Å²) >= 11 is 3.41. The molecule has 6 heteroatoms. The van der Waals surface area contributed by atoms with Gasteiger partial charge in [0.25, 0.3) is 0 Å². The molecule has 0 fully saturated rings. The van der Waals surface area contributed by atoms with E-state index in [0.717, 1.165) is 11.8 Å². The second-order valence-electron chi connectivity index (χ2n) is 4.68. The lowest BCUT2D eigenvalue weighted by Crippen LogP contribution is -2.12. The molecule has 1 aromatic carbocycles. The van der Waals surface area contributed by atoms with Crippen molar-refractivity contribution in [2.75, 3.05) is 0 Å². The minimum Gasteiger partial charge on any atom is -0.366 e. The molecule has 0 aliphatic carbocycles. The number of carbonyl (C=O) groups excluding carboxylic acids is 1. The van der Waals surface area contributed by atoms with E-state index in [1.54, 1.807) is 30.3 Å². The summed E-state index contributed by atoms with van der Waals surface area (Å²) in [6, 6.07) is 10.4. The molecular formula is C16H11BrFN3O. The zero-order valence-corrected chi connectivity index (χ0v) is 12.9. The number of nitrogens with one attached hydrogen (secondary N) is 1. The molecule has 0 unspecified atom stereocenters. The van der Waals surface area contributed by atoms with E-state index in [4.69, 9.17) is 5.73 Å². The number of pyridine rings is 1. The number of hydrogen-bond donors (Lipinski definition) is 2. The Morgan fingerprint density at radius 3 is 2.68 bits per heavy atom. The zero-order valence-electron chi connectivity index (χ0n) is 11.3. The van der Waals surface area contributed by atoms with Crippen molar-refractivity contribution in [1.82, 2.24) is 9.97 Å². The van der Waals surface area contributed by atoms with Gasteiger partial charge in [-0.05, 0) is 39.7 Å². The van der Waals surface area contributed by atoms with Gasteiger partial charge in [0.05, 0.1) is 10.8 Å². The lowest BCUT2D eigenvalue weighted by Gasteiger charge is -2.04. The Bertz CT molecular complexity index is 860. The van der Waals surface area contributed by atoms with Crippen LogP contribution in [0, 0.1) is 5.82 Å². The molecule has 2 aromatic heterocycles. The number of rotatable bonds is 3. The van der Waals surface area contributed by atoms with Crippen LogP contribution in [0.25, 0.3) is 22.4 Å². The fourth-order valence-electron chi connectivity index (χ4n) is 2.30. The van der Waals surface area contributed by atoms with E-state index in [1.165, 1.54) is 6.20 Å². The van der Waals surface area contributed by atoms with Crippen molar-refractivity contribution in [1.29, 1.82) is 0 Å². The molecule has 2 heterocycles. The summed E-state index contributed by atoms with van der Waals surface area (Å²) < 4.78 is 14.5. The molecule has 1 amide bonds. The highest BCUT2D eigenvalue weighted by atomic mass is 79.9. The molecular weight excluding hydrogens is 349 g/mol. The summed E-state index contributed by atoms with van der Waals surface area (Å²) in [5, 5.41) is 0. The van der Waals surface area contributed by atoms with Gasteiger partial charge in [0.1, 0.15) is 0 Å². The van der Waals surface area contributed by atoms with Crippen LogP contribution in [0.4, 0.5) is 4.39 Å². The predicted octanol–water partition coefficient (Wildman–Crippen LogP) is 3.74. The van der Waals surface area contributed by atoms with Gasteiger partial charge >= 0.3 is 0 Å². The maximum Gasteiger partial charge on any atom is 0.249 e. The monoisotopic (exact) mass is 359 g/mol. The highest BCUT2D eigenvalue weighted by Crippen LogP contribution is 2.35. The average molecular weight is 360 g/mol. The number of amides is 1. The van der Waals surface area contributed by atoms with Crippen LogP contribution in [-0.4, -0.2) is 15.9 Å². The minimum atomic E-state index is -0.514. The first-order valence-corrected chi connectivity index (χ1v) is 7.25. The Morgan fingerprint density at radius 2 is 1.95 bits per heavy atom. The molecule has 110 valence electrons. The minimum absolute atomic E-state index is 0.401. The fraction of sp³-hybridized carbons (Fsp3) is 0. The number of nitrogens with zero attached hydrogens (tertiary/aromatic N) is 1. The zero-order chi connectivity index (χ0) is 15.7. The number of H-pyrrole nitrogens is 1. The predicted molar refractivity (Wildman–Crippen MR) is 85.6 cm³/mol. The number of halogens is 2. The van der Waals surface area contributed by atoms with Crippen LogP contribution in [0.5, 0.6) is 0 Å². The van der Waals surface area contributed by atoms with Crippen LogP contribution in [0.15, 0.2) is 53.4 Å². The molecule has 0 aliphatic heterocycles. The molecule has 0 atom stereocenters. The summed E-state index contributed by atoms with van der Waals surface area (Å²) in [7, 11) is 0. The summed E-state index contributed by atoms with van der Waals surface area (Å²) in [5.41, 5.74) is 8.22. The lowest BCUT2D eigenvalue weighted by atomic mass is 10.0. The third-order valence-corrected chi connectivity index (χ3v) is 3.94. The molecule has 3 rings (SSSR count). The van der Waals surface area contributed by atoms with E-state index in [2.05, 4.69) is 25.9 Å². The first-order chi connectivity index (χ1) is 10.6. The van der Waals surface area contributed by atoms with Crippen molar-refractivity contribution >= 4 is 21.8 Å². The maximum absolute atomic E-state index is 13.9. The lowest BCUT2D eigenvalue weighted by molar-refractivity contribution is 0.100. The number of benzene rings is 1. The maximum atomic E-state index is 13.9. The summed E-state index contributed by atoms with van der Waals surface area (Å²) in [6.07, 6.45) is 2.67. The summed E-state index contributed by atoms with van der Waals surface area (Å²) in [4.78, 5) is 18.4. The number of hydrogen-bond acceptors (Lipinski definition) is 2. The van der Waals surface area contributed by atoms with Gasteiger partial charge in [-0.15, -0.1) is 0 Å². The topological polar surface area (TPSA) is 71.8 Å². The third kappa shape index (κ3) is 2.53. The number of aromatic amines is 1. The second-order valence-corrected chi connectivity index (χ2v) is 5.47. The van der Waals surface area contributed by atoms with E-state index in [0.29, 0.717) is 27.0 Å². The third-order valence-electron chi connectivity index (χ3n) is 3.31. The molecule has 3 aromatic rings. The van der Waals surface area contributed by atoms with Crippen molar-refractivity contribution < 1.29 is 9.18 Å². The Balaban J connectivity index is 2.16. The van der Waals surface area contributed by atoms with Crippen molar-refractivity contribution in [3.63, 3.8) is 0 Å². The van der Waals surface area contributed by atoms with Gasteiger partial charge in [-0.1, -0.05) is 18.2 Å². The van der Waals surface area contributed by atoms with E-state index < -0.39 is 11.7 Å². The van der Waals surface area contributed by atoms with Crippen LogP contribution in [-0.2, 0) is 0 Å². The van der Waals surface area contributed by atoms with E-state index in [1.807, 2.05) is 6.07 Å². The first-order valence-electron chi connectivity index (χ1n) is 6.45. The Hall–Kier alpha value is -2.47. The average Bonchev–Trinajstić information content (AvgIpc) is 2.89. The van der Waals surface area contributed by atoms with Gasteiger partial charge in [0.15, 0.2) is 5.82 Å². The largest absolute Gasteiger partial charge is 0.366 e. The van der Waals surface area contributed by atoms with Crippen molar-refractivity contribution in [2.24, 2.45) is 5.73 Å². The van der Waals surface area contributed by atoms with Crippen LogP contribution in [0.2, 0.25) is 0 Å². The highest BCUT2D eigenvalue weighted by Gasteiger charge is 2.16. The van der Waals surface area contributed by atoms with Crippen LogP contribution in [0.3, 0.4) is 0 Å². The number of aromatic nitrogens is 2. The van der Waals surface area contributed by atoms with E-state index >= 15 is 0 Å². The molecule has 3 N–H and O–H groups in total. The number of primary amides is 1. The Morgan fingerprint density at radius 1 is 1.18 bits per heavy atom. The normalized spacial score (nSPS) is 10.6. The van der Waals surface area contributed by atoms with E-state index in [9.17, 15) is 9.18 Å². The van der Waals surface area contributed by atoms with E-state index in [-0.39, 0.29) is 0 Å². The number of carbonyl (C=O) groups is 1. The molecule has 22 heavy (non-hydrogen) atoms. The van der Waals surface area contributed by atoms with Gasteiger partial charge in [-0.3, -0.25) is 9.78 Å². The first kappa shape index (κ1) is 14.5. The Kier molecular flexibility index (Phi) is 3.77. The van der Waals surface area contributed by atoms with Crippen LogP contribution >= 0.6 is 15.9 Å². The van der Waals surface area contributed by atoms with Crippen molar-refractivity contribution in [2.45, 2.75) is 0 Å². The molecule has 0 saturated heterocycles. The van der Waals surface area contributed by atoms with Crippen LogP contribution in [0.1, 0.15) is 10.4 Å². The highest BCUT2D eigenvalue weighted by molar-refractivity contribution is 9.10. The molecule has 0 radical (unpaired) electrons.